The van der Waals surface area contributed by atoms with Crippen molar-refractivity contribution in [3.63, 3.8) is 0 Å². The molecule has 0 aliphatic heterocycles. The number of benzene rings is 2. The van der Waals surface area contributed by atoms with Crippen LogP contribution >= 0.6 is 23.4 Å². The summed E-state index contributed by atoms with van der Waals surface area (Å²) in [5, 5.41) is 9.35. The molecule has 0 radical (unpaired) electrons. The van der Waals surface area contributed by atoms with Crippen LogP contribution in [0.1, 0.15) is 27.4 Å². The molecule has 3 rings (SSSR count). The Kier molecular flexibility index (Phi) is 3.72. The minimum atomic E-state index is -0.980. The van der Waals surface area contributed by atoms with Crippen LogP contribution < -0.4 is 0 Å². The van der Waals surface area contributed by atoms with Gasteiger partial charge >= 0.3 is 5.97 Å². The monoisotopic (exact) mass is 304 g/mol. The first-order valence-electron chi connectivity index (χ1n) is 6.38. The molecule has 1 atom stereocenters. The van der Waals surface area contributed by atoms with Crippen LogP contribution in [0.4, 0.5) is 0 Å². The number of carboxylic acid groups (broad SMARTS) is 1. The second-order valence-corrected chi connectivity index (χ2v) is 6.36. The summed E-state index contributed by atoms with van der Waals surface area (Å²) >= 11 is 7.56. The number of carboxylic acids is 1. The maximum absolute atomic E-state index is 11.0. The third-order valence-corrected chi connectivity index (χ3v) is 5.07. The second-order valence-electron chi connectivity index (χ2n) is 4.86. The third-order valence-electron chi connectivity index (χ3n) is 3.58. The quantitative estimate of drug-likeness (QED) is 0.847. The molecule has 0 saturated carbocycles. The van der Waals surface area contributed by atoms with Crippen molar-refractivity contribution in [2.45, 2.75) is 17.2 Å². The molecule has 0 saturated heterocycles. The van der Waals surface area contributed by atoms with E-state index in [1.807, 2.05) is 6.07 Å². The van der Waals surface area contributed by atoms with Gasteiger partial charge in [0.25, 0.3) is 0 Å². The molecule has 2 aromatic carbocycles. The van der Waals surface area contributed by atoms with Crippen molar-refractivity contribution in [1.29, 1.82) is 0 Å². The number of rotatable bonds is 4. The van der Waals surface area contributed by atoms with Crippen LogP contribution in [0.25, 0.3) is 0 Å². The van der Waals surface area contributed by atoms with Crippen LogP contribution in [0.2, 0.25) is 5.02 Å². The van der Waals surface area contributed by atoms with Gasteiger partial charge in [-0.2, -0.15) is 0 Å². The normalized spacial score (nSPS) is 16.4. The van der Waals surface area contributed by atoms with Gasteiger partial charge in [-0.3, -0.25) is 0 Å². The van der Waals surface area contributed by atoms with E-state index in [0.717, 1.165) is 17.1 Å². The molecule has 102 valence electrons. The topological polar surface area (TPSA) is 37.3 Å². The van der Waals surface area contributed by atoms with Crippen LogP contribution in [0, 0.1) is 0 Å². The smallest absolute Gasteiger partial charge is 0.337 e. The molecule has 2 nitrogen and oxygen atoms in total. The molecule has 1 aliphatic carbocycles. The fraction of sp³-hybridized carbons (Fsp3) is 0.188. The highest BCUT2D eigenvalue weighted by Gasteiger charge is 2.25. The highest BCUT2D eigenvalue weighted by Crippen LogP contribution is 2.39. The summed E-state index contributed by atoms with van der Waals surface area (Å²) in [7, 11) is 0. The Bertz CT molecular complexity index is 669. The molecule has 0 aromatic heterocycles. The number of thioether (sulfide) groups is 1. The predicted molar refractivity (Wildman–Crippen MR) is 82.0 cm³/mol. The third kappa shape index (κ3) is 2.56. The average Bonchev–Trinajstić information content (AvgIpc) is 2.41. The lowest BCUT2D eigenvalue weighted by Gasteiger charge is -2.29. The van der Waals surface area contributed by atoms with E-state index in [-0.39, 0.29) is 10.6 Å². The SMILES string of the molecule is O=C(O)c1cc(SCC2Cc3ccccc32)ccc1Cl. The van der Waals surface area contributed by atoms with Gasteiger partial charge in [0.2, 0.25) is 0 Å². The zero-order valence-electron chi connectivity index (χ0n) is 10.7. The molecule has 1 unspecified atom stereocenters. The lowest BCUT2D eigenvalue weighted by Crippen LogP contribution is -2.18. The standard InChI is InChI=1S/C16H13ClO2S/c17-15-6-5-12(8-14(15)16(18)19)20-9-11-7-10-3-1-2-4-13(10)11/h1-6,8,11H,7,9H2,(H,18,19). The fourth-order valence-electron chi connectivity index (χ4n) is 2.47. The Labute approximate surface area is 126 Å². The molecule has 2 aromatic rings. The van der Waals surface area contributed by atoms with Crippen LogP contribution in [0.15, 0.2) is 47.4 Å². The van der Waals surface area contributed by atoms with Crippen molar-refractivity contribution in [1.82, 2.24) is 0 Å². The van der Waals surface area contributed by atoms with E-state index in [1.54, 1.807) is 23.9 Å². The molecule has 0 amide bonds. The molecule has 4 heteroatoms. The molecular formula is C16H13ClO2S. The van der Waals surface area contributed by atoms with Gasteiger partial charge in [-0.25, -0.2) is 4.79 Å². The van der Waals surface area contributed by atoms with Gasteiger partial charge in [0.1, 0.15) is 0 Å². The first-order chi connectivity index (χ1) is 9.65. The highest BCUT2D eigenvalue weighted by molar-refractivity contribution is 7.99. The van der Waals surface area contributed by atoms with E-state index in [4.69, 9.17) is 16.7 Å². The van der Waals surface area contributed by atoms with Gasteiger partial charge in [-0.05, 0) is 41.7 Å². The van der Waals surface area contributed by atoms with Crippen LogP contribution in [-0.2, 0) is 6.42 Å². The van der Waals surface area contributed by atoms with Crippen LogP contribution in [0.3, 0.4) is 0 Å². The second kappa shape index (κ2) is 5.51. The average molecular weight is 305 g/mol. The number of hydrogen-bond donors (Lipinski definition) is 1. The number of hydrogen-bond acceptors (Lipinski definition) is 2. The number of aromatic carboxylic acids is 1. The summed E-state index contributed by atoms with van der Waals surface area (Å²) in [6.45, 7) is 0. The van der Waals surface area contributed by atoms with E-state index in [9.17, 15) is 4.79 Å². The Morgan fingerprint density at radius 3 is 2.85 bits per heavy atom. The Balaban J connectivity index is 1.68. The summed E-state index contributed by atoms with van der Waals surface area (Å²) in [4.78, 5) is 12.0. The summed E-state index contributed by atoms with van der Waals surface area (Å²) in [5.41, 5.74) is 3.03. The van der Waals surface area contributed by atoms with E-state index in [0.29, 0.717) is 5.92 Å². The molecule has 0 bridgehead atoms. The minimum absolute atomic E-state index is 0.172. The van der Waals surface area contributed by atoms with E-state index in [1.165, 1.54) is 11.1 Å². The maximum Gasteiger partial charge on any atom is 0.337 e. The summed E-state index contributed by atoms with van der Waals surface area (Å²) in [6.07, 6.45) is 1.11. The lowest BCUT2D eigenvalue weighted by molar-refractivity contribution is 0.0697. The number of halogens is 1. The van der Waals surface area contributed by atoms with Gasteiger partial charge in [0, 0.05) is 10.6 Å². The van der Waals surface area contributed by atoms with Crippen molar-refractivity contribution >= 4 is 29.3 Å². The van der Waals surface area contributed by atoms with Gasteiger partial charge in [0.15, 0.2) is 0 Å². The summed E-state index contributed by atoms with van der Waals surface area (Å²) < 4.78 is 0. The largest absolute Gasteiger partial charge is 0.478 e. The summed E-state index contributed by atoms with van der Waals surface area (Å²) in [5.74, 6) is 0.559. The molecule has 1 aliphatic rings. The van der Waals surface area contributed by atoms with Crippen LogP contribution in [0.5, 0.6) is 0 Å². The van der Waals surface area contributed by atoms with Crippen molar-refractivity contribution < 1.29 is 9.90 Å². The van der Waals surface area contributed by atoms with E-state index in [2.05, 4.69) is 24.3 Å². The van der Waals surface area contributed by atoms with E-state index < -0.39 is 5.97 Å². The molecule has 1 N–H and O–H groups in total. The first kappa shape index (κ1) is 13.5. The van der Waals surface area contributed by atoms with Gasteiger partial charge < -0.3 is 5.11 Å². The first-order valence-corrected chi connectivity index (χ1v) is 7.75. The summed E-state index contributed by atoms with van der Waals surface area (Å²) in [6, 6.07) is 13.7. The molecule has 0 heterocycles. The van der Waals surface area contributed by atoms with Gasteiger partial charge in [-0.15, -0.1) is 11.8 Å². The Hall–Kier alpha value is -1.45. The fourth-order valence-corrected chi connectivity index (χ4v) is 3.72. The molecule has 0 fully saturated rings. The van der Waals surface area contributed by atoms with E-state index >= 15 is 0 Å². The predicted octanol–water partition coefficient (Wildman–Crippen LogP) is 4.47. The number of fused-ring (bicyclic) bond motifs is 1. The highest BCUT2D eigenvalue weighted by atomic mass is 35.5. The van der Waals surface area contributed by atoms with Gasteiger partial charge in [0.05, 0.1) is 10.6 Å². The maximum atomic E-state index is 11.0. The van der Waals surface area contributed by atoms with Crippen molar-refractivity contribution in [3.05, 3.63) is 64.2 Å². The molecule has 0 spiro atoms. The lowest BCUT2D eigenvalue weighted by atomic mass is 9.79. The zero-order chi connectivity index (χ0) is 14.1. The van der Waals surface area contributed by atoms with Crippen molar-refractivity contribution in [3.8, 4) is 0 Å². The zero-order valence-corrected chi connectivity index (χ0v) is 12.2. The Morgan fingerprint density at radius 1 is 1.30 bits per heavy atom. The Morgan fingerprint density at radius 2 is 2.10 bits per heavy atom. The minimum Gasteiger partial charge on any atom is -0.478 e. The van der Waals surface area contributed by atoms with Crippen molar-refractivity contribution in [2.75, 3.05) is 5.75 Å². The number of carbonyl (C=O) groups is 1. The van der Waals surface area contributed by atoms with Crippen molar-refractivity contribution in [2.24, 2.45) is 0 Å². The van der Waals surface area contributed by atoms with Crippen LogP contribution in [-0.4, -0.2) is 16.8 Å². The van der Waals surface area contributed by atoms with Gasteiger partial charge in [-0.1, -0.05) is 35.9 Å². The molecule has 20 heavy (non-hydrogen) atoms. The molecular weight excluding hydrogens is 292 g/mol.